The summed E-state index contributed by atoms with van der Waals surface area (Å²) in [7, 11) is 4.02. The quantitative estimate of drug-likeness (QED) is 0.904. The van der Waals surface area contributed by atoms with Crippen LogP contribution in [0.15, 0.2) is 33.9 Å². The van der Waals surface area contributed by atoms with Gasteiger partial charge in [0, 0.05) is 23.1 Å². The third kappa shape index (κ3) is 3.18. The van der Waals surface area contributed by atoms with E-state index >= 15 is 0 Å². The van der Waals surface area contributed by atoms with Gasteiger partial charge in [0.1, 0.15) is 0 Å². The van der Waals surface area contributed by atoms with Gasteiger partial charge >= 0.3 is 5.69 Å². The first-order valence-electron chi connectivity index (χ1n) is 10.1. The minimum absolute atomic E-state index is 0.0658. The van der Waals surface area contributed by atoms with Crippen molar-refractivity contribution in [1.29, 1.82) is 0 Å². The number of hydrogen-bond donors (Lipinski definition) is 1. The molecule has 1 spiro atoms. The molecule has 0 atom stereocenters. The second-order valence-electron chi connectivity index (χ2n) is 8.47. The first-order chi connectivity index (χ1) is 13.0. The Kier molecular flexibility index (Phi) is 4.81. The summed E-state index contributed by atoms with van der Waals surface area (Å²) in [5, 5.41) is 0. The number of nitrogens with zero attached hydrogens (tertiary/aromatic N) is 2. The van der Waals surface area contributed by atoms with E-state index in [1.165, 1.54) is 16.6 Å². The van der Waals surface area contributed by atoms with Gasteiger partial charge in [0.25, 0.3) is 5.56 Å². The third-order valence-corrected chi connectivity index (χ3v) is 6.33. The van der Waals surface area contributed by atoms with E-state index in [2.05, 4.69) is 22.0 Å². The van der Waals surface area contributed by atoms with Crippen LogP contribution in [0.4, 0.5) is 0 Å². The molecule has 2 aromatic rings. The van der Waals surface area contributed by atoms with Crippen LogP contribution in [0, 0.1) is 0 Å². The van der Waals surface area contributed by atoms with Gasteiger partial charge < -0.3 is 9.88 Å². The molecular formula is C22H29N3O2. The summed E-state index contributed by atoms with van der Waals surface area (Å²) in [5.74, 6) is 0. The molecule has 0 amide bonds. The van der Waals surface area contributed by atoms with E-state index in [1.54, 1.807) is 0 Å². The Bertz CT molecular complexity index is 949. The molecular weight excluding hydrogens is 338 g/mol. The van der Waals surface area contributed by atoms with Crippen LogP contribution in [-0.2, 0) is 18.4 Å². The smallest absolute Gasteiger partial charge is 0.309 e. The zero-order valence-electron chi connectivity index (χ0n) is 16.4. The van der Waals surface area contributed by atoms with E-state index in [0.717, 1.165) is 61.9 Å². The summed E-state index contributed by atoms with van der Waals surface area (Å²) in [5.41, 5.74) is 3.46. The van der Waals surface area contributed by atoms with Gasteiger partial charge in [-0.25, -0.2) is 4.79 Å². The Hall–Kier alpha value is -2.14. The molecule has 27 heavy (non-hydrogen) atoms. The van der Waals surface area contributed by atoms with Crippen LogP contribution < -0.4 is 11.2 Å². The van der Waals surface area contributed by atoms with E-state index in [0.29, 0.717) is 6.54 Å². The maximum absolute atomic E-state index is 13.5. The van der Waals surface area contributed by atoms with Crippen molar-refractivity contribution in [2.24, 2.45) is 0 Å². The zero-order chi connectivity index (χ0) is 19.0. The van der Waals surface area contributed by atoms with Crippen molar-refractivity contribution in [3.05, 3.63) is 56.2 Å². The fraction of sp³-hybridized carbons (Fsp3) is 0.545. The highest BCUT2D eigenvalue weighted by molar-refractivity contribution is 5.71. The number of benzene rings is 1. The van der Waals surface area contributed by atoms with Crippen LogP contribution in [0.25, 0.3) is 11.3 Å². The first kappa shape index (κ1) is 18.2. The predicted molar refractivity (Wildman–Crippen MR) is 108 cm³/mol. The summed E-state index contributed by atoms with van der Waals surface area (Å²) in [4.78, 5) is 31.5. The Morgan fingerprint density at radius 3 is 2.59 bits per heavy atom. The Morgan fingerprint density at radius 1 is 1.11 bits per heavy atom. The van der Waals surface area contributed by atoms with Crippen molar-refractivity contribution in [3.63, 3.8) is 0 Å². The van der Waals surface area contributed by atoms with Crippen LogP contribution in [0.2, 0.25) is 0 Å². The number of fused-ring (bicyclic) bond motifs is 4. The molecule has 0 saturated heterocycles. The summed E-state index contributed by atoms with van der Waals surface area (Å²) < 4.78 is 1.44. The standard InChI is InChI=1S/C22H29N3O2/c1-24(2)13-8-14-25-20(26)18-19(23-21(25)27)17-10-5-4-9-16(17)15-22(18)11-6-3-7-12-22/h4-5,9-10H,3,6-8,11-15H2,1-2H3,(H,23,27). The number of aromatic amines is 1. The molecule has 1 heterocycles. The second kappa shape index (κ2) is 7.12. The van der Waals surface area contributed by atoms with Gasteiger partial charge in [-0.3, -0.25) is 9.36 Å². The van der Waals surface area contributed by atoms with Crippen molar-refractivity contribution in [2.45, 2.75) is 56.9 Å². The monoisotopic (exact) mass is 367 g/mol. The molecule has 0 radical (unpaired) electrons. The maximum Gasteiger partial charge on any atom is 0.328 e. The molecule has 144 valence electrons. The summed E-state index contributed by atoms with van der Waals surface area (Å²) in [6.45, 7) is 1.33. The molecule has 0 aliphatic heterocycles. The summed E-state index contributed by atoms with van der Waals surface area (Å²) in [6.07, 6.45) is 7.31. The summed E-state index contributed by atoms with van der Waals surface area (Å²) >= 11 is 0. The van der Waals surface area contributed by atoms with Crippen LogP contribution >= 0.6 is 0 Å². The van der Waals surface area contributed by atoms with Crippen LogP contribution in [0.5, 0.6) is 0 Å². The molecule has 5 nitrogen and oxygen atoms in total. The molecule has 1 aromatic carbocycles. The highest BCUT2D eigenvalue weighted by Crippen LogP contribution is 2.48. The van der Waals surface area contributed by atoms with Crippen LogP contribution in [0.1, 0.15) is 49.7 Å². The summed E-state index contributed by atoms with van der Waals surface area (Å²) in [6, 6.07) is 8.23. The largest absolute Gasteiger partial charge is 0.328 e. The second-order valence-corrected chi connectivity index (χ2v) is 8.47. The van der Waals surface area contributed by atoms with E-state index in [9.17, 15) is 9.59 Å². The highest BCUT2D eigenvalue weighted by Gasteiger charge is 2.42. The number of nitrogens with one attached hydrogen (secondary N) is 1. The van der Waals surface area contributed by atoms with Crippen molar-refractivity contribution in [1.82, 2.24) is 14.5 Å². The topological polar surface area (TPSA) is 58.1 Å². The average Bonchev–Trinajstić information content (AvgIpc) is 2.64. The predicted octanol–water partition coefficient (Wildman–Crippen LogP) is 2.91. The highest BCUT2D eigenvalue weighted by atomic mass is 16.2. The Balaban J connectivity index is 1.88. The molecule has 1 saturated carbocycles. The Labute approximate surface area is 160 Å². The van der Waals surface area contributed by atoms with Gasteiger partial charge in [0.15, 0.2) is 0 Å². The minimum atomic E-state index is -0.278. The van der Waals surface area contributed by atoms with Crippen molar-refractivity contribution in [3.8, 4) is 11.3 Å². The lowest BCUT2D eigenvalue weighted by atomic mass is 9.62. The zero-order valence-corrected chi connectivity index (χ0v) is 16.4. The molecule has 0 unspecified atom stereocenters. The van der Waals surface area contributed by atoms with Crippen LogP contribution in [-0.4, -0.2) is 35.1 Å². The minimum Gasteiger partial charge on any atom is -0.309 e. The number of H-pyrrole nitrogens is 1. The molecule has 5 heteroatoms. The fourth-order valence-corrected chi connectivity index (χ4v) is 5.04. The van der Waals surface area contributed by atoms with Gasteiger partial charge in [-0.1, -0.05) is 43.5 Å². The molecule has 4 rings (SSSR count). The lowest BCUT2D eigenvalue weighted by Crippen LogP contribution is -2.47. The molecule has 0 bridgehead atoms. The van der Waals surface area contributed by atoms with Gasteiger partial charge in [-0.2, -0.15) is 0 Å². The van der Waals surface area contributed by atoms with E-state index in [4.69, 9.17) is 0 Å². The van der Waals surface area contributed by atoms with Gasteiger partial charge in [-0.05, 0) is 51.9 Å². The number of aromatic nitrogens is 2. The number of rotatable bonds is 4. The molecule has 1 N–H and O–H groups in total. The van der Waals surface area contributed by atoms with Crippen molar-refractivity contribution >= 4 is 0 Å². The van der Waals surface area contributed by atoms with E-state index in [-0.39, 0.29) is 16.7 Å². The van der Waals surface area contributed by atoms with E-state index < -0.39 is 0 Å². The van der Waals surface area contributed by atoms with Gasteiger partial charge in [0.2, 0.25) is 0 Å². The maximum atomic E-state index is 13.5. The van der Waals surface area contributed by atoms with Gasteiger partial charge in [0.05, 0.1) is 5.69 Å². The SMILES string of the molecule is CN(C)CCCn1c(=O)[nH]c2c(c1=O)C1(CCCCC1)Cc1ccccc1-2. The van der Waals surface area contributed by atoms with E-state index in [1.807, 2.05) is 26.2 Å². The van der Waals surface area contributed by atoms with Gasteiger partial charge in [-0.15, -0.1) is 0 Å². The first-order valence-corrected chi connectivity index (χ1v) is 10.1. The fourth-order valence-electron chi connectivity index (χ4n) is 5.04. The van der Waals surface area contributed by atoms with Crippen molar-refractivity contribution in [2.75, 3.05) is 20.6 Å². The van der Waals surface area contributed by atoms with Crippen molar-refractivity contribution < 1.29 is 0 Å². The van der Waals surface area contributed by atoms with Crippen LogP contribution in [0.3, 0.4) is 0 Å². The number of hydrogen-bond acceptors (Lipinski definition) is 3. The lowest BCUT2D eigenvalue weighted by molar-refractivity contribution is 0.282. The molecule has 2 aliphatic carbocycles. The molecule has 1 fully saturated rings. The lowest BCUT2D eigenvalue weighted by Gasteiger charge is -2.42. The normalized spacial score (nSPS) is 17.7. The molecule has 2 aliphatic rings. The third-order valence-electron chi connectivity index (χ3n) is 6.33. The molecule has 1 aromatic heterocycles. The average molecular weight is 367 g/mol. The Morgan fingerprint density at radius 2 is 1.85 bits per heavy atom.